The van der Waals surface area contributed by atoms with E-state index in [1.807, 2.05) is 6.07 Å². The molecule has 1 aromatic rings. The lowest BCUT2D eigenvalue weighted by atomic mass is 9.63. The van der Waals surface area contributed by atoms with E-state index in [-0.39, 0.29) is 12.5 Å². The first kappa shape index (κ1) is 15.8. The SMILES string of the molecule is CC(O)(CNC(=O)C1(c2cccc(Cl)c2)CCC1)C(=O)O. The van der Waals surface area contributed by atoms with Crippen LogP contribution in [0.5, 0.6) is 0 Å². The highest BCUT2D eigenvalue weighted by Crippen LogP contribution is 2.44. The van der Waals surface area contributed by atoms with Crippen molar-refractivity contribution >= 4 is 23.5 Å². The van der Waals surface area contributed by atoms with E-state index in [9.17, 15) is 14.7 Å². The Morgan fingerprint density at radius 2 is 2.10 bits per heavy atom. The van der Waals surface area contributed by atoms with E-state index >= 15 is 0 Å². The van der Waals surface area contributed by atoms with E-state index in [4.69, 9.17) is 16.7 Å². The predicted octanol–water partition coefficient (Wildman–Crippen LogP) is 1.71. The summed E-state index contributed by atoms with van der Waals surface area (Å²) >= 11 is 5.98. The predicted molar refractivity (Wildman–Crippen MR) is 78.3 cm³/mol. The third kappa shape index (κ3) is 3.04. The van der Waals surface area contributed by atoms with Crippen LogP contribution in [0.1, 0.15) is 31.7 Å². The molecule has 5 nitrogen and oxygen atoms in total. The van der Waals surface area contributed by atoms with Crippen LogP contribution in [0.2, 0.25) is 5.02 Å². The maximum atomic E-state index is 12.5. The monoisotopic (exact) mass is 311 g/mol. The second kappa shape index (κ2) is 5.66. The molecule has 1 unspecified atom stereocenters. The molecule has 0 aliphatic heterocycles. The van der Waals surface area contributed by atoms with Crippen molar-refractivity contribution in [2.24, 2.45) is 0 Å². The standard InChI is InChI=1S/C15H18ClNO4/c1-14(21,13(19)20)9-17-12(18)15(6-3-7-15)10-4-2-5-11(16)8-10/h2,4-5,8,21H,3,6-7,9H2,1H3,(H,17,18)(H,19,20). The third-order valence-electron chi connectivity index (χ3n) is 4.07. The summed E-state index contributed by atoms with van der Waals surface area (Å²) in [4.78, 5) is 23.3. The largest absolute Gasteiger partial charge is 0.479 e. The topological polar surface area (TPSA) is 86.6 Å². The first-order chi connectivity index (χ1) is 9.78. The number of aliphatic carboxylic acids is 1. The van der Waals surface area contributed by atoms with E-state index in [1.54, 1.807) is 18.2 Å². The van der Waals surface area contributed by atoms with Crippen molar-refractivity contribution in [3.8, 4) is 0 Å². The van der Waals surface area contributed by atoms with Gasteiger partial charge in [-0.25, -0.2) is 4.79 Å². The smallest absolute Gasteiger partial charge is 0.337 e. The molecule has 1 fully saturated rings. The van der Waals surface area contributed by atoms with Gasteiger partial charge < -0.3 is 15.5 Å². The minimum atomic E-state index is -1.98. The van der Waals surface area contributed by atoms with Crippen molar-refractivity contribution in [3.63, 3.8) is 0 Å². The van der Waals surface area contributed by atoms with Crippen LogP contribution in [0.4, 0.5) is 0 Å². The average molecular weight is 312 g/mol. The van der Waals surface area contributed by atoms with Crippen molar-refractivity contribution in [2.45, 2.75) is 37.2 Å². The Labute approximate surface area is 127 Å². The quantitative estimate of drug-likeness (QED) is 0.772. The molecule has 1 aromatic carbocycles. The summed E-state index contributed by atoms with van der Waals surface area (Å²) in [5.74, 6) is -1.63. The summed E-state index contributed by atoms with van der Waals surface area (Å²) in [5.41, 5.74) is -1.82. The van der Waals surface area contributed by atoms with Crippen LogP contribution in [0.15, 0.2) is 24.3 Å². The van der Waals surface area contributed by atoms with Crippen LogP contribution in [-0.4, -0.2) is 34.2 Å². The lowest BCUT2D eigenvalue weighted by Gasteiger charge is -2.41. The molecule has 6 heteroatoms. The van der Waals surface area contributed by atoms with Crippen LogP contribution >= 0.6 is 11.6 Å². The lowest BCUT2D eigenvalue weighted by Crippen LogP contribution is -2.54. The lowest BCUT2D eigenvalue weighted by molar-refractivity contribution is -0.156. The third-order valence-corrected chi connectivity index (χ3v) is 4.31. The molecule has 0 heterocycles. The minimum absolute atomic E-state index is 0.266. The molecule has 1 amide bonds. The number of benzene rings is 1. The molecule has 1 saturated carbocycles. The maximum Gasteiger partial charge on any atom is 0.337 e. The number of carbonyl (C=O) groups is 2. The van der Waals surface area contributed by atoms with E-state index < -0.39 is 17.0 Å². The fourth-order valence-electron chi connectivity index (χ4n) is 2.46. The van der Waals surface area contributed by atoms with Gasteiger partial charge in [-0.15, -0.1) is 0 Å². The molecule has 0 spiro atoms. The van der Waals surface area contributed by atoms with Gasteiger partial charge in [0.15, 0.2) is 5.60 Å². The molecule has 3 N–H and O–H groups in total. The fraction of sp³-hybridized carbons (Fsp3) is 0.467. The average Bonchev–Trinajstić information content (AvgIpc) is 2.35. The van der Waals surface area contributed by atoms with E-state index in [2.05, 4.69) is 5.32 Å². The van der Waals surface area contributed by atoms with E-state index in [0.29, 0.717) is 17.9 Å². The molecule has 0 radical (unpaired) electrons. The fourth-order valence-corrected chi connectivity index (χ4v) is 2.65. The molecule has 1 aliphatic rings. The number of hydrogen-bond acceptors (Lipinski definition) is 3. The number of aliphatic hydroxyl groups is 1. The van der Waals surface area contributed by atoms with Crippen molar-refractivity contribution in [1.29, 1.82) is 0 Å². The van der Waals surface area contributed by atoms with Gasteiger partial charge in [-0.2, -0.15) is 0 Å². The molecule has 0 aromatic heterocycles. The summed E-state index contributed by atoms with van der Waals surface area (Å²) in [5, 5.41) is 21.7. The van der Waals surface area contributed by atoms with Crippen molar-refractivity contribution < 1.29 is 19.8 Å². The molecule has 0 bridgehead atoms. The zero-order chi connectivity index (χ0) is 15.7. The van der Waals surface area contributed by atoms with E-state index in [1.165, 1.54) is 0 Å². The Hall–Kier alpha value is -1.59. The number of amides is 1. The molecule has 1 atom stereocenters. The molecule has 1 aliphatic carbocycles. The molecule has 2 rings (SSSR count). The minimum Gasteiger partial charge on any atom is -0.479 e. The van der Waals surface area contributed by atoms with Crippen LogP contribution in [-0.2, 0) is 15.0 Å². The molecule has 21 heavy (non-hydrogen) atoms. The van der Waals surface area contributed by atoms with Crippen molar-refractivity contribution in [3.05, 3.63) is 34.9 Å². The van der Waals surface area contributed by atoms with Crippen LogP contribution in [0.3, 0.4) is 0 Å². The van der Waals surface area contributed by atoms with Gasteiger partial charge >= 0.3 is 5.97 Å². The Kier molecular flexibility index (Phi) is 4.25. The maximum absolute atomic E-state index is 12.5. The Morgan fingerprint density at radius 3 is 2.57 bits per heavy atom. The van der Waals surface area contributed by atoms with Gasteiger partial charge in [0.1, 0.15) is 0 Å². The first-order valence-electron chi connectivity index (χ1n) is 6.78. The van der Waals surface area contributed by atoms with Gasteiger partial charge in [-0.05, 0) is 37.5 Å². The summed E-state index contributed by atoms with van der Waals surface area (Å²) in [7, 11) is 0. The Morgan fingerprint density at radius 1 is 1.43 bits per heavy atom. The number of nitrogens with one attached hydrogen (secondary N) is 1. The highest BCUT2D eigenvalue weighted by Gasteiger charge is 2.46. The number of halogens is 1. The number of hydrogen-bond donors (Lipinski definition) is 3. The second-order valence-corrected chi connectivity index (χ2v) is 6.14. The molecular weight excluding hydrogens is 294 g/mol. The summed E-state index contributed by atoms with van der Waals surface area (Å²) < 4.78 is 0. The number of carboxylic acids is 1. The summed E-state index contributed by atoms with van der Waals surface area (Å²) in [6, 6.07) is 7.14. The zero-order valence-corrected chi connectivity index (χ0v) is 12.5. The normalized spacial score (nSPS) is 19.2. The van der Waals surface area contributed by atoms with Gasteiger partial charge in [-0.1, -0.05) is 30.2 Å². The number of rotatable bonds is 5. The second-order valence-electron chi connectivity index (χ2n) is 5.71. The summed E-state index contributed by atoms with van der Waals surface area (Å²) in [6.45, 7) is 0.825. The van der Waals surface area contributed by atoms with E-state index in [0.717, 1.165) is 18.9 Å². The molecule has 114 valence electrons. The van der Waals surface area contributed by atoms with Crippen LogP contribution < -0.4 is 5.32 Å². The highest BCUT2D eigenvalue weighted by molar-refractivity contribution is 6.30. The van der Waals surface area contributed by atoms with Gasteiger partial charge in [0.05, 0.1) is 12.0 Å². The van der Waals surface area contributed by atoms with Crippen LogP contribution in [0.25, 0.3) is 0 Å². The molecular formula is C15H18ClNO4. The zero-order valence-electron chi connectivity index (χ0n) is 11.7. The number of carbonyl (C=O) groups excluding carboxylic acids is 1. The Bertz CT molecular complexity index is 567. The number of carboxylic acid groups (broad SMARTS) is 1. The van der Waals surface area contributed by atoms with Crippen LogP contribution in [0, 0.1) is 0 Å². The highest BCUT2D eigenvalue weighted by atomic mass is 35.5. The molecule has 0 saturated heterocycles. The van der Waals surface area contributed by atoms with Gasteiger partial charge in [0.25, 0.3) is 0 Å². The van der Waals surface area contributed by atoms with Crippen molar-refractivity contribution in [2.75, 3.05) is 6.54 Å². The Balaban J connectivity index is 2.14. The van der Waals surface area contributed by atoms with Crippen molar-refractivity contribution in [1.82, 2.24) is 5.32 Å². The summed E-state index contributed by atoms with van der Waals surface area (Å²) in [6.07, 6.45) is 2.30. The van der Waals surface area contributed by atoms with Gasteiger partial charge in [-0.3, -0.25) is 4.79 Å². The van der Waals surface area contributed by atoms with Gasteiger partial charge in [0.2, 0.25) is 5.91 Å². The van der Waals surface area contributed by atoms with Gasteiger partial charge in [0, 0.05) is 5.02 Å². The first-order valence-corrected chi connectivity index (χ1v) is 7.16.